The molecule has 6 heteroatoms. The normalized spacial score (nSPS) is 24.4. The Bertz CT molecular complexity index is 411. The molecule has 3 atom stereocenters. The van der Waals surface area contributed by atoms with Crippen LogP contribution in [0.2, 0.25) is 0 Å². The van der Waals surface area contributed by atoms with Crippen LogP contribution in [0.5, 0.6) is 0 Å². The standard InChI is InChI=1S/C14H25N3O2S/c1-5-15-11-8-20-7-10(11)14-16-13(17-19-14)12(9(3)4)18-6-2/h9-12,15H,5-8H2,1-4H3. The van der Waals surface area contributed by atoms with E-state index in [0.29, 0.717) is 30.3 Å². The highest BCUT2D eigenvalue weighted by molar-refractivity contribution is 7.99. The fraction of sp³-hybridized carbons (Fsp3) is 0.857. The molecule has 1 saturated heterocycles. The van der Waals surface area contributed by atoms with Crippen molar-refractivity contribution in [2.45, 2.75) is 45.8 Å². The highest BCUT2D eigenvalue weighted by Crippen LogP contribution is 2.33. The largest absolute Gasteiger partial charge is 0.370 e. The van der Waals surface area contributed by atoms with E-state index in [0.717, 1.165) is 23.9 Å². The van der Waals surface area contributed by atoms with E-state index in [4.69, 9.17) is 9.26 Å². The van der Waals surface area contributed by atoms with Gasteiger partial charge in [-0.3, -0.25) is 0 Å². The number of nitrogens with zero attached hydrogens (tertiary/aromatic N) is 2. The summed E-state index contributed by atoms with van der Waals surface area (Å²) in [5, 5.41) is 7.65. The first-order valence-corrected chi connectivity index (χ1v) is 8.59. The number of rotatable bonds is 7. The molecule has 0 radical (unpaired) electrons. The second-order valence-electron chi connectivity index (χ2n) is 5.42. The Labute approximate surface area is 125 Å². The summed E-state index contributed by atoms with van der Waals surface area (Å²) in [6.45, 7) is 9.98. The Hall–Kier alpha value is -0.590. The van der Waals surface area contributed by atoms with Crippen LogP contribution in [-0.4, -0.2) is 40.8 Å². The van der Waals surface area contributed by atoms with E-state index < -0.39 is 0 Å². The topological polar surface area (TPSA) is 60.2 Å². The van der Waals surface area contributed by atoms with Crippen molar-refractivity contribution >= 4 is 11.8 Å². The highest BCUT2D eigenvalue weighted by atomic mass is 32.2. The average Bonchev–Trinajstić information content (AvgIpc) is 3.04. The molecule has 1 N–H and O–H groups in total. The van der Waals surface area contributed by atoms with Crippen LogP contribution in [0, 0.1) is 5.92 Å². The minimum atomic E-state index is -0.0795. The van der Waals surface area contributed by atoms with E-state index in [2.05, 4.69) is 36.2 Å². The molecule has 0 spiro atoms. The van der Waals surface area contributed by atoms with E-state index in [9.17, 15) is 0 Å². The number of hydrogen-bond donors (Lipinski definition) is 1. The van der Waals surface area contributed by atoms with Crippen LogP contribution in [0.3, 0.4) is 0 Å². The van der Waals surface area contributed by atoms with Crippen LogP contribution < -0.4 is 5.32 Å². The van der Waals surface area contributed by atoms with Crippen LogP contribution in [0.25, 0.3) is 0 Å². The number of aromatic nitrogens is 2. The zero-order chi connectivity index (χ0) is 14.5. The van der Waals surface area contributed by atoms with Crippen LogP contribution in [0.4, 0.5) is 0 Å². The van der Waals surface area contributed by atoms with Crippen molar-refractivity contribution in [2.75, 3.05) is 24.7 Å². The summed E-state index contributed by atoms with van der Waals surface area (Å²) < 4.78 is 11.2. The van der Waals surface area contributed by atoms with Crippen LogP contribution in [-0.2, 0) is 4.74 Å². The smallest absolute Gasteiger partial charge is 0.232 e. The molecule has 2 heterocycles. The molecule has 2 rings (SSSR count). The summed E-state index contributed by atoms with van der Waals surface area (Å²) in [6.07, 6.45) is -0.0795. The van der Waals surface area contributed by atoms with Gasteiger partial charge in [-0.15, -0.1) is 0 Å². The summed E-state index contributed by atoms with van der Waals surface area (Å²) in [5.74, 6) is 4.24. The van der Waals surface area contributed by atoms with Crippen molar-refractivity contribution in [1.82, 2.24) is 15.5 Å². The van der Waals surface area contributed by atoms with Crippen molar-refractivity contribution in [3.63, 3.8) is 0 Å². The summed E-state index contributed by atoms with van der Waals surface area (Å²) in [7, 11) is 0. The molecule has 0 aliphatic carbocycles. The van der Waals surface area contributed by atoms with Crippen molar-refractivity contribution in [3.05, 3.63) is 11.7 Å². The van der Waals surface area contributed by atoms with Gasteiger partial charge < -0.3 is 14.6 Å². The molecular weight excluding hydrogens is 274 g/mol. The van der Waals surface area contributed by atoms with Gasteiger partial charge in [0.25, 0.3) is 0 Å². The molecule has 3 unspecified atom stereocenters. The second-order valence-corrected chi connectivity index (χ2v) is 6.49. The molecule has 1 aliphatic heterocycles. The van der Waals surface area contributed by atoms with Gasteiger partial charge in [-0.1, -0.05) is 25.9 Å². The molecule has 1 aromatic rings. The van der Waals surface area contributed by atoms with Gasteiger partial charge in [0, 0.05) is 24.2 Å². The van der Waals surface area contributed by atoms with Crippen molar-refractivity contribution in [1.29, 1.82) is 0 Å². The van der Waals surface area contributed by atoms with Gasteiger partial charge in [-0.05, 0) is 19.4 Å². The highest BCUT2D eigenvalue weighted by Gasteiger charge is 2.34. The zero-order valence-electron chi connectivity index (χ0n) is 12.8. The Kier molecular flexibility index (Phi) is 5.86. The number of ether oxygens (including phenoxy) is 1. The lowest BCUT2D eigenvalue weighted by Gasteiger charge is -2.17. The Morgan fingerprint density at radius 2 is 2.20 bits per heavy atom. The van der Waals surface area contributed by atoms with Gasteiger partial charge in [0.1, 0.15) is 6.10 Å². The summed E-state index contributed by atoms with van der Waals surface area (Å²) in [4.78, 5) is 4.61. The van der Waals surface area contributed by atoms with Gasteiger partial charge in [0.05, 0.1) is 5.92 Å². The summed E-state index contributed by atoms with van der Waals surface area (Å²) >= 11 is 1.94. The quantitative estimate of drug-likeness (QED) is 0.835. The summed E-state index contributed by atoms with van der Waals surface area (Å²) in [5.41, 5.74) is 0. The van der Waals surface area contributed by atoms with E-state index in [1.165, 1.54) is 0 Å². The van der Waals surface area contributed by atoms with E-state index in [1.54, 1.807) is 0 Å². The molecule has 1 aliphatic rings. The van der Waals surface area contributed by atoms with Crippen molar-refractivity contribution in [2.24, 2.45) is 5.92 Å². The maximum absolute atomic E-state index is 5.73. The minimum absolute atomic E-state index is 0.0795. The van der Waals surface area contributed by atoms with Gasteiger partial charge in [0.15, 0.2) is 0 Å². The molecule has 1 fully saturated rings. The van der Waals surface area contributed by atoms with E-state index in [1.807, 2.05) is 18.7 Å². The molecule has 0 bridgehead atoms. The SMILES string of the molecule is CCNC1CSCC1c1nc(C(OCC)C(C)C)no1. The molecule has 1 aromatic heterocycles. The molecule has 20 heavy (non-hydrogen) atoms. The predicted molar refractivity (Wildman–Crippen MR) is 81.0 cm³/mol. The van der Waals surface area contributed by atoms with Gasteiger partial charge in [-0.2, -0.15) is 16.7 Å². The lowest BCUT2D eigenvalue weighted by molar-refractivity contribution is 0.0217. The first kappa shape index (κ1) is 15.8. The fourth-order valence-electron chi connectivity index (χ4n) is 2.52. The fourth-order valence-corrected chi connectivity index (χ4v) is 3.89. The van der Waals surface area contributed by atoms with E-state index >= 15 is 0 Å². The van der Waals surface area contributed by atoms with Crippen molar-refractivity contribution < 1.29 is 9.26 Å². The first-order chi connectivity index (χ1) is 9.67. The Morgan fingerprint density at radius 1 is 1.40 bits per heavy atom. The molecule has 0 aromatic carbocycles. The van der Waals surface area contributed by atoms with Gasteiger partial charge in [0.2, 0.25) is 11.7 Å². The minimum Gasteiger partial charge on any atom is -0.370 e. The maximum Gasteiger partial charge on any atom is 0.232 e. The molecular formula is C14H25N3O2S. The van der Waals surface area contributed by atoms with Gasteiger partial charge >= 0.3 is 0 Å². The number of hydrogen-bond acceptors (Lipinski definition) is 6. The third-order valence-corrected chi connectivity index (χ3v) is 4.72. The third-order valence-electron chi connectivity index (χ3n) is 3.53. The first-order valence-electron chi connectivity index (χ1n) is 7.43. The average molecular weight is 299 g/mol. The van der Waals surface area contributed by atoms with Gasteiger partial charge in [-0.25, -0.2) is 0 Å². The second kappa shape index (κ2) is 7.43. The number of nitrogens with one attached hydrogen (secondary N) is 1. The van der Waals surface area contributed by atoms with E-state index in [-0.39, 0.29) is 6.10 Å². The number of likely N-dealkylation sites (N-methyl/N-ethyl adjacent to an activating group) is 1. The maximum atomic E-state index is 5.73. The van der Waals surface area contributed by atoms with Crippen LogP contribution in [0.1, 0.15) is 51.4 Å². The third kappa shape index (κ3) is 3.54. The zero-order valence-corrected chi connectivity index (χ0v) is 13.6. The predicted octanol–water partition coefficient (Wildman–Crippen LogP) is 2.61. The van der Waals surface area contributed by atoms with Crippen LogP contribution in [0.15, 0.2) is 4.52 Å². The molecule has 0 amide bonds. The molecule has 114 valence electrons. The van der Waals surface area contributed by atoms with Crippen LogP contribution >= 0.6 is 11.8 Å². The molecule has 5 nitrogen and oxygen atoms in total. The molecule has 0 saturated carbocycles. The summed E-state index contributed by atoms with van der Waals surface area (Å²) in [6, 6.07) is 0.433. The number of thioether (sulfide) groups is 1. The Morgan fingerprint density at radius 3 is 2.85 bits per heavy atom. The Balaban J connectivity index is 2.11. The lowest BCUT2D eigenvalue weighted by atomic mass is 10.0. The van der Waals surface area contributed by atoms with Crippen molar-refractivity contribution in [3.8, 4) is 0 Å². The monoisotopic (exact) mass is 299 g/mol. The lowest BCUT2D eigenvalue weighted by Crippen LogP contribution is -2.34.